The zero-order valence-corrected chi connectivity index (χ0v) is 17.9. The van der Waals surface area contributed by atoms with Crippen molar-refractivity contribution in [3.8, 4) is 0 Å². The van der Waals surface area contributed by atoms with Crippen molar-refractivity contribution in [2.45, 2.75) is 30.5 Å². The van der Waals surface area contributed by atoms with Gasteiger partial charge in [-0.2, -0.15) is 0 Å². The first-order chi connectivity index (χ1) is 14.5. The zero-order valence-electron chi connectivity index (χ0n) is 16.4. The number of rotatable bonds is 9. The Morgan fingerprint density at radius 3 is 2.73 bits per heavy atom. The minimum Gasteiger partial charge on any atom is -0.361 e. The van der Waals surface area contributed by atoms with E-state index in [2.05, 4.69) is 20.8 Å². The molecule has 2 aromatic heterocycles. The van der Waals surface area contributed by atoms with Crippen molar-refractivity contribution in [3.63, 3.8) is 0 Å². The highest BCUT2D eigenvalue weighted by atomic mass is 35.5. The lowest BCUT2D eigenvalue weighted by molar-refractivity contribution is -0.116. The van der Waals surface area contributed by atoms with E-state index in [0.717, 1.165) is 11.5 Å². The second-order valence-corrected chi connectivity index (χ2v) is 7.89. The SMILES string of the molecule is Cc1cc(CSc2ncccc2C(=O)NCCCC(=O)Nc2ccc(Cl)cc2)no1. The van der Waals surface area contributed by atoms with E-state index in [0.29, 0.717) is 46.4 Å². The standard InChI is InChI=1S/C21H21ClN4O3S/c1-14-12-17(26-29-14)13-30-21-18(4-2-11-24-21)20(28)23-10-3-5-19(27)25-16-8-6-15(22)7-9-16/h2,4,6-9,11-12H,3,5,10,13H2,1H3,(H,23,28)(H,25,27). The molecule has 2 amide bonds. The van der Waals surface area contributed by atoms with Gasteiger partial charge >= 0.3 is 0 Å². The number of carbonyl (C=O) groups is 2. The van der Waals surface area contributed by atoms with Crippen molar-refractivity contribution in [2.24, 2.45) is 0 Å². The van der Waals surface area contributed by atoms with Gasteiger partial charge in [-0.1, -0.05) is 28.5 Å². The minimum atomic E-state index is -0.222. The van der Waals surface area contributed by atoms with Crippen LogP contribution in [-0.2, 0) is 10.5 Å². The van der Waals surface area contributed by atoms with Crippen molar-refractivity contribution < 1.29 is 14.1 Å². The van der Waals surface area contributed by atoms with Crippen LogP contribution >= 0.6 is 23.4 Å². The van der Waals surface area contributed by atoms with E-state index in [9.17, 15) is 9.59 Å². The van der Waals surface area contributed by atoms with Crippen LogP contribution in [0.1, 0.15) is 34.7 Å². The number of carbonyl (C=O) groups excluding carboxylic acids is 2. The average molecular weight is 445 g/mol. The molecule has 0 saturated heterocycles. The third-order valence-corrected chi connectivity index (χ3v) is 5.33. The number of aryl methyl sites for hydroxylation is 1. The van der Waals surface area contributed by atoms with Crippen LogP contribution < -0.4 is 10.6 Å². The second kappa shape index (κ2) is 10.8. The Hall–Kier alpha value is -2.84. The highest BCUT2D eigenvalue weighted by Gasteiger charge is 2.13. The Balaban J connectivity index is 1.44. The third-order valence-electron chi connectivity index (χ3n) is 4.04. The summed E-state index contributed by atoms with van der Waals surface area (Å²) in [6, 6.07) is 12.2. The van der Waals surface area contributed by atoms with Gasteiger partial charge in [0, 0.05) is 41.7 Å². The molecule has 30 heavy (non-hydrogen) atoms. The Labute approximate surface area is 183 Å². The normalized spacial score (nSPS) is 10.6. The number of aromatic nitrogens is 2. The monoisotopic (exact) mass is 444 g/mol. The molecule has 2 heterocycles. The largest absolute Gasteiger partial charge is 0.361 e. The molecular formula is C21H21ClN4O3S. The van der Waals surface area contributed by atoms with Gasteiger partial charge in [0.15, 0.2) is 0 Å². The zero-order chi connectivity index (χ0) is 21.3. The molecule has 2 N–H and O–H groups in total. The quantitative estimate of drug-likeness (QED) is 0.373. The molecular weight excluding hydrogens is 424 g/mol. The summed E-state index contributed by atoms with van der Waals surface area (Å²) >= 11 is 7.25. The van der Waals surface area contributed by atoms with Crippen molar-refractivity contribution in [3.05, 3.63) is 70.7 Å². The lowest BCUT2D eigenvalue weighted by atomic mass is 10.2. The molecule has 0 aliphatic carbocycles. The van der Waals surface area contributed by atoms with Gasteiger partial charge in [-0.3, -0.25) is 9.59 Å². The van der Waals surface area contributed by atoms with Gasteiger partial charge in [-0.05, 0) is 49.7 Å². The van der Waals surface area contributed by atoms with Gasteiger partial charge in [-0.25, -0.2) is 4.98 Å². The summed E-state index contributed by atoms with van der Waals surface area (Å²) in [6.45, 7) is 2.21. The Morgan fingerprint density at radius 2 is 2.00 bits per heavy atom. The number of nitrogens with zero attached hydrogens (tertiary/aromatic N) is 2. The van der Waals surface area contributed by atoms with Crippen molar-refractivity contribution in [2.75, 3.05) is 11.9 Å². The average Bonchev–Trinajstić information content (AvgIpc) is 3.16. The second-order valence-electron chi connectivity index (χ2n) is 6.49. The Kier molecular flexibility index (Phi) is 7.87. The smallest absolute Gasteiger partial charge is 0.254 e. The summed E-state index contributed by atoms with van der Waals surface area (Å²) in [4.78, 5) is 28.8. The molecule has 0 aliphatic rings. The number of amides is 2. The molecule has 0 radical (unpaired) electrons. The van der Waals surface area contributed by atoms with Gasteiger partial charge in [0.25, 0.3) is 5.91 Å². The molecule has 0 spiro atoms. The van der Waals surface area contributed by atoms with Gasteiger partial charge in [0.05, 0.1) is 11.3 Å². The van der Waals surface area contributed by atoms with Gasteiger partial charge < -0.3 is 15.2 Å². The van der Waals surface area contributed by atoms with Crippen molar-refractivity contribution in [1.29, 1.82) is 0 Å². The predicted octanol–water partition coefficient (Wildman–Crippen LogP) is 4.47. The van der Waals surface area contributed by atoms with Crippen LogP contribution in [0, 0.1) is 6.92 Å². The molecule has 1 aromatic carbocycles. The Bertz CT molecular complexity index is 1010. The molecule has 7 nitrogen and oxygen atoms in total. The van der Waals surface area contributed by atoms with Crippen LogP contribution in [0.15, 0.2) is 58.2 Å². The molecule has 0 fully saturated rings. The van der Waals surface area contributed by atoms with Gasteiger partial charge in [0.2, 0.25) is 5.91 Å². The summed E-state index contributed by atoms with van der Waals surface area (Å²) in [7, 11) is 0. The van der Waals surface area contributed by atoms with Gasteiger partial charge in [-0.15, -0.1) is 0 Å². The number of anilines is 1. The molecule has 0 unspecified atom stereocenters. The van der Waals surface area contributed by atoms with Crippen LogP contribution in [0.5, 0.6) is 0 Å². The predicted molar refractivity (Wildman–Crippen MR) is 117 cm³/mol. The van der Waals surface area contributed by atoms with E-state index in [1.165, 1.54) is 11.8 Å². The lowest BCUT2D eigenvalue weighted by Gasteiger charge is -2.09. The lowest BCUT2D eigenvalue weighted by Crippen LogP contribution is -2.26. The maximum Gasteiger partial charge on any atom is 0.254 e. The maximum atomic E-state index is 12.5. The fourth-order valence-corrected chi connectivity index (χ4v) is 3.61. The van der Waals surface area contributed by atoms with Crippen LogP contribution in [0.2, 0.25) is 5.02 Å². The van der Waals surface area contributed by atoms with E-state index in [-0.39, 0.29) is 11.8 Å². The highest BCUT2D eigenvalue weighted by molar-refractivity contribution is 7.98. The summed E-state index contributed by atoms with van der Waals surface area (Å²) in [5.41, 5.74) is 1.97. The van der Waals surface area contributed by atoms with E-state index in [1.807, 2.05) is 13.0 Å². The summed E-state index contributed by atoms with van der Waals surface area (Å²) in [5, 5.41) is 10.8. The van der Waals surface area contributed by atoms with E-state index >= 15 is 0 Å². The number of pyridine rings is 1. The number of hydrogen-bond acceptors (Lipinski definition) is 6. The molecule has 9 heteroatoms. The maximum absolute atomic E-state index is 12.5. The molecule has 156 valence electrons. The summed E-state index contributed by atoms with van der Waals surface area (Å²) in [5.74, 6) is 0.955. The molecule has 0 bridgehead atoms. The van der Waals surface area contributed by atoms with Crippen molar-refractivity contribution in [1.82, 2.24) is 15.5 Å². The first-order valence-electron chi connectivity index (χ1n) is 9.35. The molecule has 0 saturated carbocycles. The first kappa shape index (κ1) is 21.9. The fourth-order valence-electron chi connectivity index (χ4n) is 2.61. The van der Waals surface area contributed by atoms with Crippen LogP contribution in [0.4, 0.5) is 5.69 Å². The van der Waals surface area contributed by atoms with E-state index in [4.69, 9.17) is 16.1 Å². The minimum absolute atomic E-state index is 0.118. The number of halogens is 1. The number of benzene rings is 1. The first-order valence-corrected chi connectivity index (χ1v) is 10.7. The number of hydrogen-bond donors (Lipinski definition) is 2. The summed E-state index contributed by atoms with van der Waals surface area (Å²) < 4.78 is 5.06. The van der Waals surface area contributed by atoms with Crippen LogP contribution in [0.3, 0.4) is 0 Å². The van der Waals surface area contributed by atoms with Crippen LogP contribution in [-0.4, -0.2) is 28.5 Å². The Morgan fingerprint density at radius 1 is 1.20 bits per heavy atom. The van der Waals surface area contributed by atoms with Crippen molar-refractivity contribution >= 4 is 40.9 Å². The molecule has 3 rings (SSSR count). The van der Waals surface area contributed by atoms with Gasteiger partial charge in [0.1, 0.15) is 10.8 Å². The molecule has 0 aliphatic heterocycles. The van der Waals surface area contributed by atoms with Crippen LogP contribution in [0.25, 0.3) is 0 Å². The molecule has 3 aromatic rings. The number of nitrogens with one attached hydrogen (secondary N) is 2. The summed E-state index contributed by atoms with van der Waals surface area (Å²) in [6.07, 6.45) is 2.46. The highest BCUT2D eigenvalue weighted by Crippen LogP contribution is 2.24. The topological polar surface area (TPSA) is 97.1 Å². The van der Waals surface area contributed by atoms with E-state index < -0.39 is 0 Å². The van der Waals surface area contributed by atoms with E-state index in [1.54, 1.807) is 42.6 Å². The fraction of sp³-hybridized carbons (Fsp3) is 0.238. The third kappa shape index (κ3) is 6.60. The number of thioether (sulfide) groups is 1. The molecule has 0 atom stereocenters.